The number of nitrogens with one attached hydrogen (secondary N) is 2. The summed E-state index contributed by atoms with van der Waals surface area (Å²) in [6.45, 7) is 4.58. The number of hydrogen-bond donors (Lipinski definition) is 2. The van der Waals surface area contributed by atoms with Crippen molar-refractivity contribution in [3.63, 3.8) is 0 Å². The van der Waals surface area contributed by atoms with E-state index in [1.165, 1.54) is 6.26 Å². The number of hydrogen-bond acceptors (Lipinski definition) is 7. The van der Waals surface area contributed by atoms with E-state index in [9.17, 15) is 9.59 Å². The zero-order valence-corrected chi connectivity index (χ0v) is 15.4. The molecule has 9 nitrogen and oxygen atoms in total. The van der Waals surface area contributed by atoms with Crippen LogP contribution in [-0.2, 0) is 16.1 Å². The van der Waals surface area contributed by atoms with Crippen LogP contribution in [0.4, 0.5) is 4.79 Å². The van der Waals surface area contributed by atoms with Gasteiger partial charge in [0.2, 0.25) is 0 Å². The standard InChI is InChI=1S/C18H22N4O5/c1-4-25-17(23)15-13(10-22(3)9-12-8-11(2)27-21-12)19-18(24)20-16(15)14-6-5-7-26-14/h5-8,16H,4,9-10H2,1-3H3,(H2,19,20,24). The number of aryl methyl sites for hydroxylation is 1. The third kappa shape index (κ3) is 4.37. The lowest BCUT2D eigenvalue weighted by Crippen LogP contribution is -2.48. The van der Waals surface area contributed by atoms with Crippen LogP contribution >= 0.6 is 0 Å². The minimum absolute atomic E-state index is 0.225. The zero-order valence-electron chi connectivity index (χ0n) is 15.4. The Labute approximate surface area is 156 Å². The van der Waals surface area contributed by atoms with E-state index in [2.05, 4.69) is 15.8 Å². The van der Waals surface area contributed by atoms with Crippen molar-refractivity contribution in [2.24, 2.45) is 0 Å². The first-order valence-electron chi connectivity index (χ1n) is 8.59. The SMILES string of the molecule is CCOC(=O)C1=C(CN(C)Cc2cc(C)on2)NC(=O)NC1c1ccco1. The number of carbonyl (C=O) groups is 2. The van der Waals surface area contributed by atoms with Crippen LogP contribution in [0.15, 0.2) is 44.7 Å². The Morgan fingerprint density at radius 2 is 2.22 bits per heavy atom. The third-order valence-electron chi connectivity index (χ3n) is 4.01. The Hall–Kier alpha value is -3.07. The highest BCUT2D eigenvalue weighted by Crippen LogP contribution is 2.28. The number of amides is 2. The second kappa shape index (κ2) is 8.09. The number of carbonyl (C=O) groups excluding carboxylic acids is 2. The van der Waals surface area contributed by atoms with Gasteiger partial charge in [0, 0.05) is 24.9 Å². The molecule has 1 aliphatic rings. The van der Waals surface area contributed by atoms with Crippen LogP contribution < -0.4 is 10.6 Å². The molecule has 0 aromatic carbocycles. The molecule has 0 saturated heterocycles. The van der Waals surface area contributed by atoms with E-state index in [4.69, 9.17) is 13.7 Å². The highest BCUT2D eigenvalue weighted by molar-refractivity contribution is 5.95. The average molecular weight is 374 g/mol. The first-order chi connectivity index (χ1) is 13.0. The summed E-state index contributed by atoms with van der Waals surface area (Å²) in [6.07, 6.45) is 1.49. The molecule has 2 N–H and O–H groups in total. The fraction of sp³-hybridized carbons (Fsp3) is 0.389. The van der Waals surface area contributed by atoms with Gasteiger partial charge in [-0.25, -0.2) is 9.59 Å². The molecule has 1 unspecified atom stereocenters. The number of esters is 1. The number of ether oxygens (including phenoxy) is 1. The molecule has 0 spiro atoms. The molecule has 3 heterocycles. The second-order valence-electron chi connectivity index (χ2n) is 6.26. The summed E-state index contributed by atoms with van der Waals surface area (Å²) < 4.78 is 15.7. The maximum Gasteiger partial charge on any atom is 0.338 e. The van der Waals surface area contributed by atoms with Crippen molar-refractivity contribution in [3.05, 3.63) is 52.9 Å². The van der Waals surface area contributed by atoms with E-state index in [1.807, 2.05) is 24.9 Å². The number of nitrogens with zero attached hydrogens (tertiary/aromatic N) is 2. The van der Waals surface area contributed by atoms with Crippen LogP contribution in [0, 0.1) is 6.92 Å². The maximum atomic E-state index is 12.6. The van der Waals surface area contributed by atoms with Crippen molar-refractivity contribution in [1.82, 2.24) is 20.7 Å². The normalized spacial score (nSPS) is 17.0. The minimum Gasteiger partial charge on any atom is -0.467 e. The van der Waals surface area contributed by atoms with E-state index in [1.54, 1.807) is 19.1 Å². The molecule has 144 valence electrons. The summed E-state index contributed by atoms with van der Waals surface area (Å²) in [7, 11) is 1.86. The van der Waals surface area contributed by atoms with E-state index in [-0.39, 0.29) is 6.61 Å². The van der Waals surface area contributed by atoms with Crippen LogP contribution in [-0.4, -0.2) is 42.3 Å². The quantitative estimate of drug-likeness (QED) is 0.712. The number of urea groups is 1. The topological polar surface area (TPSA) is 110 Å². The molecule has 1 aliphatic heterocycles. The molecular formula is C18H22N4O5. The fourth-order valence-corrected chi connectivity index (χ4v) is 2.96. The van der Waals surface area contributed by atoms with Crippen molar-refractivity contribution in [2.45, 2.75) is 26.4 Å². The van der Waals surface area contributed by atoms with Crippen LogP contribution in [0.2, 0.25) is 0 Å². The molecule has 0 bridgehead atoms. The van der Waals surface area contributed by atoms with Crippen molar-refractivity contribution in [1.29, 1.82) is 0 Å². The minimum atomic E-state index is -0.717. The van der Waals surface area contributed by atoms with Crippen molar-refractivity contribution >= 4 is 12.0 Å². The summed E-state index contributed by atoms with van der Waals surface area (Å²) in [6, 6.07) is 4.11. The first-order valence-corrected chi connectivity index (χ1v) is 8.59. The number of furan rings is 1. The highest BCUT2D eigenvalue weighted by atomic mass is 16.5. The molecule has 2 aromatic heterocycles. The second-order valence-corrected chi connectivity index (χ2v) is 6.26. The summed E-state index contributed by atoms with van der Waals surface area (Å²) in [4.78, 5) is 26.7. The summed E-state index contributed by atoms with van der Waals surface area (Å²) >= 11 is 0. The molecule has 1 atom stereocenters. The monoisotopic (exact) mass is 374 g/mol. The van der Waals surface area contributed by atoms with E-state index >= 15 is 0 Å². The van der Waals surface area contributed by atoms with Gasteiger partial charge in [-0.2, -0.15) is 0 Å². The Morgan fingerprint density at radius 1 is 1.41 bits per heavy atom. The van der Waals surface area contributed by atoms with E-state index in [0.29, 0.717) is 30.1 Å². The van der Waals surface area contributed by atoms with Gasteiger partial charge < -0.3 is 24.3 Å². The van der Waals surface area contributed by atoms with Gasteiger partial charge in [0.25, 0.3) is 0 Å². The third-order valence-corrected chi connectivity index (χ3v) is 4.01. The van der Waals surface area contributed by atoms with E-state index < -0.39 is 18.0 Å². The van der Waals surface area contributed by atoms with Gasteiger partial charge in [0.05, 0.1) is 24.1 Å². The van der Waals surface area contributed by atoms with Gasteiger partial charge in [0.15, 0.2) is 0 Å². The van der Waals surface area contributed by atoms with Crippen molar-refractivity contribution in [3.8, 4) is 0 Å². The average Bonchev–Trinajstić information content (AvgIpc) is 3.26. The van der Waals surface area contributed by atoms with Gasteiger partial charge in [-0.05, 0) is 33.0 Å². The Balaban J connectivity index is 1.89. The highest BCUT2D eigenvalue weighted by Gasteiger charge is 2.35. The lowest BCUT2D eigenvalue weighted by atomic mass is 10.00. The summed E-state index contributed by atoms with van der Waals surface area (Å²) in [5, 5.41) is 9.40. The van der Waals surface area contributed by atoms with E-state index in [0.717, 1.165) is 11.5 Å². The van der Waals surface area contributed by atoms with Gasteiger partial charge >= 0.3 is 12.0 Å². The lowest BCUT2D eigenvalue weighted by molar-refractivity contribution is -0.139. The van der Waals surface area contributed by atoms with Crippen molar-refractivity contribution in [2.75, 3.05) is 20.2 Å². The Kier molecular flexibility index (Phi) is 5.60. The molecule has 2 amide bonds. The molecule has 0 aliphatic carbocycles. The van der Waals surface area contributed by atoms with Crippen molar-refractivity contribution < 1.29 is 23.3 Å². The molecule has 2 aromatic rings. The fourth-order valence-electron chi connectivity index (χ4n) is 2.96. The number of likely N-dealkylation sites (N-methyl/N-ethyl adjacent to an activating group) is 1. The van der Waals surface area contributed by atoms with Crippen LogP contribution in [0.1, 0.15) is 30.2 Å². The molecule has 0 saturated carbocycles. The number of aromatic nitrogens is 1. The predicted octanol–water partition coefficient (Wildman–Crippen LogP) is 1.88. The number of rotatable bonds is 7. The Morgan fingerprint density at radius 3 is 2.85 bits per heavy atom. The largest absolute Gasteiger partial charge is 0.467 e. The predicted molar refractivity (Wildman–Crippen MR) is 94.3 cm³/mol. The van der Waals surface area contributed by atoms with Crippen LogP contribution in [0.25, 0.3) is 0 Å². The van der Waals surface area contributed by atoms with Gasteiger partial charge in [-0.15, -0.1) is 0 Å². The van der Waals surface area contributed by atoms with Gasteiger partial charge in [0.1, 0.15) is 17.6 Å². The summed E-state index contributed by atoms with van der Waals surface area (Å²) in [5.74, 6) is 0.671. The molecule has 3 rings (SSSR count). The summed E-state index contributed by atoms with van der Waals surface area (Å²) in [5.41, 5.74) is 1.53. The maximum absolute atomic E-state index is 12.6. The molecule has 0 fully saturated rings. The molecular weight excluding hydrogens is 352 g/mol. The molecule has 27 heavy (non-hydrogen) atoms. The van der Waals surface area contributed by atoms with Crippen LogP contribution in [0.3, 0.4) is 0 Å². The van der Waals surface area contributed by atoms with Gasteiger partial charge in [-0.1, -0.05) is 5.16 Å². The zero-order chi connectivity index (χ0) is 19.4. The Bertz CT molecular complexity index is 840. The van der Waals surface area contributed by atoms with Crippen LogP contribution in [0.5, 0.6) is 0 Å². The lowest BCUT2D eigenvalue weighted by Gasteiger charge is -2.29. The molecule has 9 heteroatoms. The molecule has 0 radical (unpaired) electrons. The smallest absolute Gasteiger partial charge is 0.338 e. The van der Waals surface area contributed by atoms with Gasteiger partial charge in [-0.3, -0.25) is 4.90 Å². The first kappa shape index (κ1) is 18.7.